The lowest BCUT2D eigenvalue weighted by Gasteiger charge is -2.13. The number of furan rings is 1. The number of nitrogens with two attached hydrogens (primary N) is 1. The summed E-state index contributed by atoms with van der Waals surface area (Å²) >= 11 is 0. The highest BCUT2D eigenvalue weighted by Crippen LogP contribution is 2.34. The van der Waals surface area contributed by atoms with E-state index in [2.05, 4.69) is 4.98 Å². The van der Waals surface area contributed by atoms with Crippen molar-refractivity contribution in [1.29, 1.82) is 0 Å². The third kappa shape index (κ3) is 4.24. The van der Waals surface area contributed by atoms with Crippen LogP contribution in [0.2, 0.25) is 0 Å². The summed E-state index contributed by atoms with van der Waals surface area (Å²) in [7, 11) is 0. The summed E-state index contributed by atoms with van der Waals surface area (Å²) in [5, 5.41) is 9.33. The summed E-state index contributed by atoms with van der Waals surface area (Å²) in [6.07, 6.45) is 2.66. The summed E-state index contributed by atoms with van der Waals surface area (Å²) in [4.78, 5) is 15.2. The van der Waals surface area contributed by atoms with Gasteiger partial charge < -0.3 is 20.0 Å². The SMILES string of the molecule is NCc1cc(-c2cc(COc3cc(F)ccc3CC(=O)O)c(F)c3ccoc23)ccn1. The second-order valence-electron chi connectivity index (χ2n) is 6.91. The quantitative estimate of drug-likeness (QED) is 0.455. The lowest BCUT2D eigenvalue weighted by Crippen LogP contribution is -2.06. The van der Waals surface area contributed by atoms with E-state index in [4.69, 9.17) is 20.0 Å². The second-order valence-corrected chi connectivity index (χ2v) is 6.91. The average molecular weight is 424 g/mol. The standard InChI is InChI=1S/C23H18F2N2O4/c24-16-2-1-14(9-21(28)29)20(10-16)31-12-15-8-19(13-3-5-27-17(7-13)11-26)23-18(22(15)25)4-6-30-23/h1-8,10H,9,11-12,26H2,(H,28,29). The molecule has 0 aliphatic carbocycles. The van der Waals surface area contributed by atoms with Crippen LogP contribution in [0.5, 0.6) is 5.75 Å². The van der Waals surface area contributed by atoms with Gasteiger partial charge in [-0.1, -0.05) is 6.07 Å². The van der Waals surface area contributed by atoms with E-state index in [0.29, 0.717) is 22.4 Å². The van der Waals surface area contributed by atoms with Crippen molar-refractivity contribution in [3.8, 4) is 16.9 Å². The van der Waals surface area contributed by atoms with Crippen LogP contribution in [0.4, 0.5) is 8.78 Å². The zero-order valence-corrected chi connectivity index (χ0v) is 16.3. The molecular weight excluding hydrogens is 406 g/mol. The predicted octanol–water partition coefficient (Wildman–Crippen LogP) is 4.44. The zero-order valence-electron chi connectivity index (χ0n) is 16.3. The first-order valence-electron chi connectivity index (χ1n) is 9.43. The molecule has 6 nitrogen and oxygen atoms in total. The van der Waals surface area contributed by atoms with Gasteiger partial charge in [-0.3, -0.25) is 9.78 Å². The number of aliphatic carboxylic acids is 1. The molecule has 0 saturated carbocycles. The molecule has 0 saturated heterocycles. The largest absolute Gasteiger partial charge is 0.488 e. The molecule has 158 valence electrons. The van der Waals surface area contributed by atoms with Crippen molar-refractivity contribution in [3.63, 3.8) is 0 Å². The molecule has 8 heteroatoms. The molecule has 3 N–H and O–H groups in total. The second kappa shape index (κ2) is 8.53. The molecule has 0 unspecified atom stereocenters. The van der Waals surface area contributed by atoms with Gasteiger partial charge in [-0.2, -0.15) is 0 Å². The van der Waals surface area contributed by atoms with Crippen molar-refractivity contribution in [2.75, 3.05) is 0 Å². The van der Waals surface area contributed by atoms with Crippen LogP contribution >= 0.6 is 0 Å². The number of aromatic nitrogens is 1. The molecule has 2 heterocycles. The van der Waals surface area contributed by atoms with E-state index >= 15 is 4.39 Å². The average Bonchev–Trinajstić information content (AvgIpc) is 3.25. The van der Waals surface area contributed by atoms with Gasteiger partial charge in [0.05, 0.1) is 23.8 Å². The third-order valence-electron chi connectivity index (χ3n) is 4.84. The topological polar surface area (TPSA) is 98.6 Å². The minimum atomic E-state index is -1.09. The third-order valence-corrected chi connectivity index (χ3v) is 4.84. The fraction of sp³-hybridized carbons (Fsp3) is 0.130. The summed E-state index contributed by atoms with van der Waals surface area (Å²) in [5.41, 5.74) is 8.58. The molecule has 31 heavy (non-hydrogen) atoms. The van der Waals surface area contributed by atoms with Crippen LogP contribution in [-0.2, 0) is 24.4 Å². The maximum absolute atomic E-state index is 15.1. The van der Waals surface area contributed by atoms with Crippen LogP contribution in [0.3, 0.4) is 0 Å². The maximum Gasteiger partial charge on any atom is 0.307 e. The number of ether oxygens (including phenoxy) is 1. The van der Waals surface area contributed by atoms with Gasteiger partial charge in [0.25, 0.3) is 0 Å². The monoisotopic (exact) mass is 424 g/mol. The molecule has 4 rings (SSSR count). The van der Waals surface area contributed by atoms with Gasteiger partial charge in [-0.05, 0) is 35.9 Å². The van der Waals surface area contributed by atoms with Crippen molar-refractivity contribution in [2.24, 2.45) is 5.73 Å². The Hall–Kier alpha value is -3.78. The van der Waals surface area contributed by atoms with E-state index in [1.165, 1.54) is 18.4 Å². The van der Waals surface area contributed by atoms with Gasteiger partial charge in [0.2, 0.25) is 0 Å². The Balaban J connectivity index is 1.73. The molecule has 0 radical (unpaired) electrons. The summed E-state index contributed by atoms with van der Waals surface area (Å²) in [6.45, 7) is 0.0169. The summed E-state index contributed by atoms with van der Waals surface area (Å²) in [5.74, 6) is -2.15. The number of carbonyl (C=O) groups is 1. The minimum Gasteiger partial charge on any atom is -0.488 e. The number of carboxylic acids is 1. The van der Waals surface area contributed by atoms with E-state index in [1.807, 2.05) is 0 Å². The first kappa shape index (κ1) is 20.5. The Kier molecular flexibility index (Phi) is 5.64. The smallest absolute Gasteiger partial charge is 0.307 e. The molecular formula is C23H18F2N2O4. The van der Waals surface area contributed by atoms with Gasteiger partial charge in [-0.15, -0.1) is 0 Å². The molecule has 0 amide bonds. The highest BCUT2D eigenvalue weighted by Gasteiger charge is 2.18. The van der Waals surface area contributed by atoms with Gasteiger partial charge in [0.15, 0.2) is 0 Å². The van der Waals surface area contributed by atoms with E-state index in [-0.39, 0.29) is 36.3 Å². The van der Waals surface area contributed by atoms with Crippen LogP contribution < -0.4 is 10.5 Å². The summed E-state index contributed by atoms with van der Waals surface area (Å²) in [6, 6.07) is 10.2. The Bertz CT molecular complexity index is 1270. The highest BCUT2D eigenvalue weighted by molar-refractivity contribution is 5.93. The molecule has 0 bridgehead atoms. The first-order chi connectivity index (χ1) is 15.0. The van der Waals surface area contributed by atoms with Gasteiger partial charge in [0.1, 0.15) is 29.6 Å². The van der Waals surface area contributed by atoms with Crippen LogP contribution in [0.25, 0.3) is 22.1 Å². The Morgan fingerprint density at radius 1 is 1.13 bits per heavy atom. The highest BCUT2D eigenvalue weighted by atomic mass is 19.1. The molecule has 2 aromatic carbocycles. The fourth-order valence-corrected chi connectivity index (χ4v) is 3.37. The molecule has 0 aliphatic heterocycles. The number of halogens is 2. The van der Waals surface area contributed by atoms with Crippen LogP contribution in [-0.4, -0.2) is 16.1 Å². The zero-order chi connectivity index (χ0) is 22.0. The Morgan fingerprint density at radius 3 is 2.74 bits per heavy atom. The van der Waals surface area contributed by atoms with Crippen molar-refractivity contribution in [1.82, 2.24) is 4.98 Å². The van der Waals surface area contributed by atoms with E-state index in [0.717, 1.165) is 17.7 Å². The number of fused-ring (bicyclic) bond motifs is 1. The van der Waals surface area contributed by atoms with E-state index < -0.39 is 17.6 Å². The van der Waals surface area contributed by atoms with Gasteiger partial charge in [-0.25, -0.2) is 8.78 Å². The lowest BCUT2D eigenvalue weighted by atomic mass is 10.00. The number of hydrogen-bond acceptors (Lipinski definition) is 5. The van der Waals surface area contributed by atoms with Gasteiger partial charge in [0, 0.05) is 35.5 Å². The molecule has 2 aromatic heterocycles. The predicted molar refractivity (Wildman–Crippen MR) is 109 cm³/mol. The molecule has 0 aliphatic rings. The van der Waals surface area contributed by atoms with Gasteiger partial charge >= 0.3 is 5.97 Å². The van der Waals surface area contributed by atoms with Crippen molar-refractivity contribution >= 4 is 16.9 Å². The van der Waals surface area contributed by atoms with Crippen LogP contribution in [0.15, 0.2) is 59.3 Å². The number of hydrogen-bond donors (Lipinski definition) is 2. The molecule has 4 aromatic rings. The maximum atomic E-state index is 15.1. The van der Waals surface area contributed by atoms with Crippen molar-refractivity contribution in [3.05, 3.63) is 83.4 Å². The van der Waals surface area contributed by atoms with E-state index in [9.17, 15) is 9.18 Å². The summed E-state index contributed by atoms with van der Waals surface area (Å²) < 4.78 is 39.9. The molecule has 0 spiro atoms. The van der Waals surface area contributed by atoms with Crippen molar-refractivity contribution in [2.45, 2.75) is 19.6 Å². The number of rotatable bonds is 7. The fourth-order valence-electron chi connectivity index (χ4n) is 3.37. The van der Waals surface area contributed by atoms with Crippen LogP contribution in [0, 0.1) is 11.6 Å². The van der Waals surface area contributed by atoms with Crippen LogP contribution in [0.1, 0.15) is 16.8 Å². The normalized spacial score (nSPS) is 11.1. The minimum absolute atomic E-state index is 0.0463. The number of carboxylic acid groups (broad SMARTS) is 1. The first-order valence-corrected chi connectivity index (χ1v) is 9.43. The molecule has 0 atom stereocenters. The number of benzene rings is 2. The Morgan fingerprint density at radius 2 is 1.97 bits per heavy atom. The lowest BCUT2D eigenvalue weighted by molar-refractivity contribution is -0.136. The van der Waals surface area contributed by atoms with Crippen molar-refractivity contribution < 1.29 is 27.8 Å². The Labute approximate surface area is 175 Å². The molecule has 0 fully saturated rings. The number of pyridine rings is 1. The number of nitrogens with zero attached hydrogens (tertiary/aromatic N) is 1. The van der Waals surface area contributed by atoms with E-state index in [1.54, 1.807) is 24.4 Å².